The molecule has 0 unspecified atom stereocenters. The SMILES string of the molecule is CCc1ccc(-c2nc(SCc3ccccc3OC)n[nH]2)cc1. The van der Waals surface area contributed by atoms with Gasteiger partial charge in [-0.15, -0.1) is 5.10 Å². The average molecular weight is 325 g/mol. The van der Waals surface area contributed by atoms with Crippen LogP contribution in [0, 0.1) is 0 Å². The number of thioether (sulfide) groups is 1. The molecule has 1 N–H and O–H groups in total. The summed E-state index contributed by atoms with van der Waals surface area (Å²) < 4.78 is 5.37. The molecular weight excluding hydrogens is 306 g/mol. The number of rotatable bonds is 6. The minimum absolute atomic E-state index is 0.741. The van der Waals surface area contributed by atoms with Crippen molar-refractivity contribution in [3.05, 3.63) is 59.7 Å². The molecule has 0 amide bonds. The Hall–Kier alpha value is -2.27. The maximum atomic E-state index is 5.37. The second-order valence-electron chi connectivity index (χ2n) is 5.12. The zero-order valence-corrected chi connectivity index (χ0v) is 14.1. The summed E-state index contributed by atoms with van der Waals surface area (Å²) in [6.45, 7) is 2.15. The Labute approximate surface area is 140 Å². The number of nitrogens with zero attached hydrogens (tertiary/aromatic N) is 2. The lowest BCUT2D eigenvalue weighted by Crippen LogP contribution is -1.89. The minimum atomic E-state index is 0.741. The Morgan fingerprint density at radius 3 is 2.61 bits per heavy atom. The quantitative estimate of drug-likeness (QED) is 0.685. The Bertz CT molecular complexity index is 768. The first-order valence-corrected chi connectivity index (χ1v) is 8.55. The lowest BCUT2D eigenvalue weighted by atomic mass is 10.1. The van der Waals surface area contributed by atoms with Crippen LogP contribution in [0.5, 0.6) is 5.75 Å². The van der Waals surface area contributed by atoms with E-state index in [0.717, 1.165) is 40.0 Å². The molecule has 0 atom stereocenters. The lowest BCUT2D eigenvalue weighted by molar-refractivity contribution is 0.411. The van der Waals surface area contributed by atoms with Gasteiger partial charge in [0.15, 0.2) is 5.82 Å². The third-order valence-corrected chi connectivity index (χ3v) is 4.55. The molecule has 0 spiro atoms. The Kier molecular flexibility index (Phi) is 4.98. The smallest absolute Gasteiger partial charge is 0.209 e. The van der Waals surface area contributed by atoms with Gasteiger partial charge in [-0.25, -0.2) is 4.98 Å². The summed E-state index contributed by atoms with van der Waals surface area (Å²) in [5.74, 6) is 2.47. The van der Waals surface area contributed by atoms with E-state index in [1.54, 1.807) is 18.9 Å². The van der Waals surface area contributed by atoms with Crippen LogP contribution in [0.25, 0.3) is 11.4 Å². The summed E-state index contributed by atoms with van der Waals surface area (Å²) in [5.41, 5.74) is 3.51. The van der Waals surface area contributed by atoms with Crippen LogP contribution in [0.1, 0.15) is 18.1 Å². The van der Waals surface area contributed by atoms with Gasteiger partial charge < -0.3 is 4.74 Å². The van der Waals surface area contributed by atoms with Crippen molar-refractivity contribution in [2.75, 3.05) is 7.11 Å². The summed E-state index contributed by atoms with van der Waals surface area (Å²) in [6.07, 6.45) is 1.04. The van der Waals surface area contributed by atoms with Crippen molar-refractivity contribution in [3.63, 3.8) is 0 Å². The molecule has 5 heteroatoms. The van der Waals surface area contributed by atoms with Crippen LogP contribution in [0.3, 0.4) is 0 Å². The van der Waals surface area contributed by atoms with Crippen LogP contribution in [-0.4, -0.2) is 22.3 Å². The van der Waals surface area contributed by atoms with Crippen molar-refractivity contribution in [1.82, 2.24) is 15.2 Å². The van der Waals surface area contributed by atoms with Gasteiger partial charge in [0.2, 0.25) is 5.16 Å². The van der Waals surface area contributed by atoms with Gasteiger partial charge in [-0.3, -0.25) is 5.10 Å². The predicted octanol–water partition coefficient (Wildman–Crippen LogP) is 4.34. The third-order valence-electron chi connectivity index (χ3n) is 3.65. The normalized spacial score (nSPS) is 10.7. The number of aryl methyl sites for hydroxylation is 1. The number of nitrogens with one attached hydrogen (secondary N) is 1. The number of aromatic amines is 1. The molecule has 0 saturated carbocycles. The van der Waals surface area contributed by atoms with Crippen molar-refractivity contribution in [2.45, 2.75) is 24.3 Å². The van der Waals surface area contributed by atoms with Crippen molar-refractivity contribution in [2.24, 2.45) is 0 Å². The predicted molar refractivity (Wildman–Crippen MR) is 93.8 cm³/mol. The van der Waals surface area contributed by atoms with Gasteiger partial charge in [0.25, 0.3) is 0 Å². The maximum absolute atomic E-state index is 5.37. The van der Waals surface area contributed by atoms with Gasteiger partial charge in [0.05, 0.1) is 7.11 Å². The van der Waals surface area contributed by atoms with E-state index in [1.165, 1.54) is 5.56 Å². The zero-order chi connectivity index (χ0) is 16.1. The molecule has 3 rings (SSSR count). The van der Waals surface area contributed by atoms with Crippen molar-refractivity contribution in [3.8, 4) is 17.1 Å². The summed E-state index contributed by atoms with van der Waals surface area (Å²) in [5, 5.41) is 8.04. The van der Waals surface area contributed by atoms with E-state index in [0.29, 0.717) is 0 Å². The van der Waals surface area contributed by atoms with E-state index in [4.69, 9.17) is 4.74 Å². The summed E-state index contributed by atoms with van der Waals surface area (Å²) in [6, 6.07) is 16.4. The number of H-pyrrole nitrogens is 1. The highest BCUT2D eigenvalue weighted by Crippen LogP contribution is 2.27. The van der Waals surface area contributed by atoms with Gasteiger partial charge in [-0.2, -0.15) is 0 Å². The third kappa shape index (κ3) is 3.74. The number of benzene rings is 2. The summed E-state index contributed by atoms with van der Waals surface area (Å²) in [7, 11) is 1.69. The average Bonchev–Trinajstić information content (AvgIpc) is 3.09. The second-order valence-corrected chi connectivity index (χ2v) is 6.06. The molecule has 23 heavy (non-hydrogen) atoms. The summed E-state index contributed by atoms with van der Waals surface area (Å²) >= 11 is 1.59. The molecule has 0 radical (unpaired) electrons. The first-order valence-electron chi connectivity index (χ1n) is 7.56. The van der Waals surface area contributed by atoms with Gasteiger partial charge in [0.1, 0.15) is 5.75 Å². The highest BCUT2D eigenvalue weighted by molar-refractivity contribution is 7.98. The van der Waals surface area contributed by atoms with E-state index < -0.39 is 0 Å². The summed E-state index contributed by atoms with van der Waals surface area (Å²) in [4.78, 5) is 4.56. The van der Waals surface area contributed by atoms with Gasteiger partial charge in [-0.1, -0.05) is 61.2 Å². The van der Waals surface area contributed by atoms with Gasteiger partial charge in [0, 0.05) is 16.9 Å². The second kappa shape index (κ2) is 7.33. The van der Waals surface area contributed by atoms with Crippen LogP contribution >= 0.6 is 11.8 Å². The molecule has 1 aromatic heterocycles. The molecule has 0 saturated heterocycles. The molecule has 2 aromatic carbocycles. The Balaban J connectivity index is 1.69. The first kappa shape index (κ1) is 15.6. The van der Waals surface area contributed by atoms with Crippen molar-refractivity contribution >= 4 is 11.8 Å². The van der Waals surface area contributed by atoms with Crippen molar-refractivity contribution in [1.29, 1.82) is 0 Å². The number of methoxy groups -OCH3 is 1. The van der Waals surface area contributed by atoms with E-state index in [2.05, 4.69) is 52.4 Å². The molecular formula is C18H19N3OS. The van der Waals surface area contributed by atoms with Crippen LogP contribution < -0.4 is 4.74 Å². The standard InChI is InChI=1S/C18H19N3OS/c1-3-13-8-10-14(11-9-13)17-19-18(21-20-17)23-12-15-6-4-5-7-16(15)22-2/h4-11H,3,12H2,1-2H3,(H,19,20,21). The van der Waals surface area contributed by atoms with Crippen LogP contribution in [0.4, 0.5) is 0 Å². The molecule has 1 heterocycles. The number of hydrogen-bond acceptors (Lipinski definition) is 4. The molecule has 0 fully saturated rings. The number of aromatic nitrogens is 3. The molecule has 0 aliphatic heterocycles. The van der Waals surface area contributed by atoms with Gasteiger partial charge >= 0.3 is 0 Å². The van der Waals surface area contributed by atoms with Crippen LogP contribution in [0.15, 0.2) is 53.7 Å². The molecule has 0 aliphatic carbocycles. The fraction of sp³-hybridized carbons (Fsp3) is 0.222. The van der Waals surface area contributed by atoms with E-state index in [1.807, 2.05) is 18.2 Å². The Morgan fingerprint density at radius 2 is 1.87 bits per heavy atom. The van der Waals surface area contributed by atoms with Crippen LogP contribution in [-0.2, 0) is 12.2 Å². The van der Waals surface area contributed by atoms with Crippen molar-refractivity contribution < 1.29 is 4.74 Å². The van der Waals surface area contributed by atoms with Gasteiger partial charge in [-0.05, 0) is 18.1 Å². The fourth-order valence-corrected chi connectivity index (χ4v) is 3.09. The maximum Gasteiger partial charge on any atom is 0.209 e. The van der Waals surface area contributed by atoms with Crippen LogP contribution in [0.2, 0.25) is 0 Å². The molecule has 0 aliphatic rings. The molecule has 3 aromatic rings. The molecule has 0 bridgehead atoms. The number of hydrogen-bond donors (Lipinski definition) is 1. The number of para-hydroxylation sites is 1. The highest BCUT2D eigenvalue weighted by atomic mass is 32.2. The van der Waals surface area contributed by atoms with E-state index in [-0.39, 0.29) is 0 Å². The van der Waals surface area contributed by atoms with E-state index in [9.17, 15) is 0 Å². The molecule has 4 nitrogen and oxygen atoms in total. The molecule has 118 valence electrons. The largest absolute Gasteiger partial charge is 0.496 e. The monoisotopic (exact) mass is 325 g/mol. The topological polar surface area (TPSA) is 50.8 Å². The zero-order valence-electron chi connectivity index (χ0n) is 13.2. The Morgan fingerprint density at radius 1 is 1.09 bits per heavy atom. The lowest BCUT2D eigenvalue weighted by Gasteiger charge is -2.05. The first-order chi connectivity index (χ1) is 11.3. The fourth-order valence-electron chi connectivity index (χ4n) is 2.30. The van der Waals surface area contributed by atoms with E-state index >= 15 is 0 Å². The minimum Gasteiger partial charge on any atom is -0.496 e. The number of ether oxygens (including phenoxy) is 1. The highest BCUT2D eigenvalue weighted by Gasteiger charge is 2.08.